The summed E-state index contributed by atoms with van der Waals surface area (Å²) in [5, 5.41) is 3.17. The van der Waals surface area contributed by atoms with E-state index in [1.807, 2.05) is 55.2 Å². The number of aliphatic imine (C=N–C) groups is 1. The average Bonchev–Trinajstić information content (AvgIpc) is 3.35. The van der Waals surface area contributed by atoms with Crippen molar-refractivity contribution in [1.29, 1.82) is 0 Å². The molecule has 1 aromatic heterocycles. The highest BCUT2D eigenvalue weighted by atomic mass is 16.6. The van der Waals surface area contributed by atoms with Crippen LogP contribution in [0.4, 0.5) is 4.79 Å². The van der Waals surface area contributed by atoms with Crippen molar-refractivity contribution >= 4 is 34.4 Å². The molecule has 1 amide bonds. The molecule has 0 radical (unpaired) electrons. The topological polar surface area (TPSA) is 70.1 Å². The van der Waals surface area contributed by atoms with Gasteiger partial charge < -0.3 is 9.64 Å². The largest absolute Gasteiger partial charge is 0.444 e. The van der Waals surface area contributed by atoms with Gasteiger partial charge in [0.1, 0.15) is 5.60 Å². The predicted octanol–water partition coefficient (Wildman–Crippen LogP) is 5.96. The SMILES string of the molecule is CC(C)(C)OC(=O)N1CCC(c2ccc(C3=CN4NCC(c5ccnc6ccccc56)=C4N=C3)cc2)CC1. The number of piperidine rings is 1. The van der Waals surface area contributed by atoms with Crippen molar-refractivity contribution in [3.8, 4) is 0 Å². The van der Waals surface area contributed by atoms with Crippen LogP contribution >= 0.6 is 0 Å². The number of hydrogen-bond donors (Lipinski definition) is 1. The number of likely N-dealkylation sites (tertiary alicyclic amines) is 1. The number of rotatable bonds is 3. The molecule has 1 fully saturated rings. The number of amides is 1. The molecule has 0 aliphatic carbocycles. The number of pyridine rings is 1. The highest BCUT2D eigenvalue weighted by Crippen LogP contribution is 2.34. The Bertz CT molecular complexity index is 1450. The van der Waals surface area contributed by atoms with E-state index < -0.39 is 5.60 Å². The summed E-state index contributed by atoms with van der Waals surface area (Å²) in [5.74, 6) is 1.38. The van der Waals surface area contributed by atoms with Crippen LogP contribution in [-0.4, -0.2) is 52.4 Å². The number of hydrazine groups is 1. The Kier molecular flexibility index (Phi) is 6.24. The predicted molar refractivity (Wildman–Crippen MR) is 151 cm³/mol. The maximum absolute atomic E-state index is 12.4. The Labute approximate surface area is 223 Å². The second-order valence-corrected chi connectivity index (χ2v) is 11.1. The van der Waals surface area contributed by atoms with Crippen LogP contribution in [0.5, 0.6) is 0 Å². The Hall–Kier alpha value is -3.97. The van der Waals surface area contributed by atoms with Crippen LogP contribution in [0.1, 0.15) is 56.2 Å². The van der Waals surface area contributed by atoms with Gasteiger partial charge in [-0.3, -0.25) is 9.99 Å². The smallest absolute Gasteiger partial charge is 0.410 e. The van der Waals surface area contributed by atoms with Gasteiger partial charge in [-0.25, -0.2) is 15.2 Å². The van der Waals surface area contributed by atoms with E-state index in [-0.39, 0.29) is 6.09 Å². The first-order valence-corrected chi connectivity index (χ1v) is 13.3. The molecule has 0 bridgehead atoms. The summed E-state index contributed by atoms with van der Waals surface area (Å²) in [6.07, 6.45) is 7.62. The lowest BCUT2D eigenvalue weighted by Crippen LogP contribution is -2.41. The van der Waals surface area contributed by atoms with Gasteiger partial charge >= 0.3 is 6.09 Å². The van der Waals surface area contributed by atoms with Crippen LogP contribution < -0.4 is 5.43 Å². The van der Waals surface area contributed by atoms with Gasteiger partial charge in [0.15, 0.2) is 5.82 Å². The van der Waals surface area contributed by atoms with E-state index in [9.17, 15) is 4.79 Å². The van der Waals surface area contributed by atoms with E-state index in [0.717, 1.165) is 59.4 Å². The van der Waals surface area contributed by atoms with Crippen LogP contribution in [-0.2, 0) is 4.74 Å². The Balaban J connectivity index is 1.14. The molecule has 2 aromatic carbocycles. The first-order valence-electron chi connectivity index (χ1n) is 13.3. The lowest BCUT2D eigenvalue weighted by Gasteiger charge is -2.33. The highest BCUT2D eigenvalue weighted by Gasteiger charge is 2.28. The molecule has 3 aliphatic rings. The van der Waals surface area contributed by atoms with Crippen LogP contribution in [0.15, 0.2) is 77.8 Å². The summed E-state index contributed by atoms with van der Waals surface area (Å²) in [5.41, 5.74) is 9.84. The molecule has 4 heterocycles. The quantitative estimate of drug-likeness (QED) is 0.473. The molecule has 7 nitrogen and oxygen atoms in total. The third-order valence-electron chi connectivity index (χ3n) is 7.35. The van der Waals surface area contributed by atoms with Crippen LogP contribution in [0.3, 0.4) is 0 Å². The fraction of sp³-hybridized carbons (Fsp3) is 0.323. The highest BCUT2D eigenvalue weighted by molar-refractivity contribution is 6.11. The molecule has 3 aliphatic heterocycles. The van der Waals surface area contributed by atoms with Gasteiger partial charge in [-0.05, 0) is 68.4 Å². The first kappa shape index (κ1) is 24.4. The lowest BCUT2D eigenvalue weighted by atomic mass is 9.88. The minimum absolute atomic E-state index is 0.209. The summed E-state index contributed by atoms with van der Waals surface area (Å²) in [7, 11) is 0. The lowest BCUT2D eigenvalue weighted by molar-refractivity contribution is 0.0205. The maximum Gasteiger partial charge on any atom is 0.410 e. The number of para-hydroxylation sites is 1. The number of allylic oxidation sites excluding steroid dienone is 1. The Morgan fingerprint density at radius 2 is 1.79 bits per heavy atom. The normalized spacial score (nSPS) is 18.1. The minimum Gasteiger partial charge on any atom is -0.444 e. The summed E-state index contributed by atoms with van der Waals surface area (Å²) < 4.78 is 5.53. The number of aromatic nitrogens is 1. The van der Waals surface area contributed by atoms with Crippen molar-refractivity contribution in [1.82, 2.24) is 20.3 Å². The summed E-state index contributed by atoms with van der Waals surface area (Å²) >= 11 is 0. The number of benzene rings is 2. The summed E-state index contributed by atoms with van der Waals surface area (Å²) in [6.45, 7) is 7.89. The van der Waals surface area contributed by atoms with Gasteiger partial charge in [0.2, 0.25) is 0 Å². The molecule has 7 heteroatoms. The van der Waals surface area contributed by atoms with Gasteiger partial charge in [0, 0.05) is 54.8 Å². The van der Waals surface area contributed by atoms with Gasteiger partial charge in [0.05, 0.1) is 5.52 Å². The molecule has 0 atom stereocenters. The summed E-state index contributed by atoms with van der Waals surface area (Å²) in [4.78, 5) is 23.6. The third-order valence-corrected chi connectivity index (χ3v) is 7.35. The number of carbonyl (C=O) groups excluding carboxylic acids is 1. The molecule has 194 valence electrons. The zero-order valence-electron chi connectivity index (χ0n) is 22.1. The standard InChI is InChI=1S/C31H33N5O2/c1-31(2,3)38-30(37)35-16-13-23(14-17-35)21-8-10-22(11-9-21)24-18-33-29-27(19-34-36(29)20-24)25-12-15-32-28-7-5-4-6-26(25)28/h4-12,15,18,20,23,34H,13-14,16-17,19H2,1-3H3. The zero-order chi connectivity index (χ0) is 26.3. The fourth-order valence-electron chi connectivity index (χ4n) is 5.41. The van der Waals surface area contributed by atoms with E-state index in [1.165, 1.54) is 11.1 Å². The second kappa shape index (κ2) is 9.72. The fourth-order valence-corrected chi connectivity index (χ4v) is 5.41. The van der Waals surface area contributed by atoms with Gasteiger partial charge in [0.25, 0.3) is 0 Å². The summed E-state index contributed by atoms with van der Waals surface area (Å²) in [6, 6.07) is 19.1. The van der Waals surface area contributed by atoms with Crippen molar-refractivity contribution < 1.29 is 9.53 Å². The van der Waals surface area contributed by atoms with E-state index in [0.29, 0.717) is 12.5 Å². The van der Waals surface area contributed by atoms with Gasteiger partial charge in [-0.15, -0.1) is 0 Å². The molecule has 0 saturated carbocycles. The van der Waals surface area contributed by atoms with Crippen molar-refractivity contribution in [3.05, 3.63) is 89.5 Å². The van der Waals surface area contributed by atoms with E-state index >= 15 is 0 Å². The molecule has 3 aromatic rings. The van der Waals surface area contributed by atoms with Crippen molar-refractivity contribution in [3.63, 3.8) is 0 Å². The third kappa shape index (κ3) is 4.82. The molecule has 1 saturated heterocycles. The monoisotopic (exact) mass is 507 g/mol. The van der Waals surface area contributed by atoms with Gasteiger partial charge in [-0.1, -0.05) is 42.5 Å². The van der Waals surface area contributed by atoms with E-state index in [1.54, 1.807) is 0 Å². The number of fused-ring (bicyclic) bond motifs is 2. The molecule has 38 heavy (non-hydrogen) atoms. The van der Waals surface area contributed by atoms with Crippen LogP contribution in [0.25, 0.3) is 22.0 Å². The Morgan fingerprint density at radius 1 is 1.03 bits per heavy atom. The molecule has 0 spiro atoms. The number of hydrogen-bond acceptors (Lipinski definition) is 6. The first-order chi connectivity index (χ1) is 18.4. The second-order valence-electron chi connectivity index (χ2n) is 11.1. The van der Waals surface area contributed by atoms with Crippen molar-refractivity contribution in [2.24, 2.45) is 4.99 Å². The Morgan fingerprint density at radius 3 is 2.55 bits per heavy atom. The number of nitrogens with one attached hydrogen (secondary N) is 1. The van der Waals surface area contributed by atoms with E-state index in [2.05, 4.69) is 59.1 Å². The van der Waals surface area contributed by atoms with Gasteiger partial charge in [-0.2, -0.15) is 0 Å². The average molecular weight is 508 g/mol. The number of ether oxygens (including phenoxy) is 1. The van der Waals surface area contributed by atoms with Crippen LogP contribution in [0, 0.1) is 0 Å². The molecular weight excluding hydrogens is 474 g/mol. The molecule has 6 rings (SSSR count). The number of nitrogens with zero attached hydrogens (tertiary/aromatic N) is 4. The maximum atomic E-state index is 12.4. The van der Waals surface area contributed by atoms with E-state index in [4.69, 9.17) is 9.73 Å². The van der Waals surface area contributed by atoms with Crippen molar-refractivity contribution in [2.45, 2.75) is 45.1 Å². The molecule has 0 unspecified atom stereocenters. The number of carbonyl (C=O) groups is 1. The molecule has 1 N–H and O–H groups in total. The van der Waals surface area contributed by atoms with Crippen molar-refractivity contribution in [2.75, 3.05) is 19.6 Å². The minimum atomic E-state index is -0.461. The zero-order valence-corrected chi connectivity index (χ0v) is 22.1. The van der Waals surface area contributed by atoms with Crippen LogP contribution in [0.2, 0.25) is 0 Å². The molecular formula is C31H33N5O2.